The van der Waals surface area contributed by atoms with Gasteiger partial charge in [-0.15, -0.1) is 0 Å². The maximum absolute atomic E-state index is 13.7. The summed E-state index contributed by atoms with van der Waals surface area (Å²) in [5, 5.41) is 0.757. The van der Waals surface area contributed by atoms with Crippen LogP contribution in [0.2, 0.25) is 0 Å². The molecule has 2 heterocycles. The van der Waals surface area contributed by atoms with Crippen LogP contribution in [0.25, 0.3) is 10.2 Å². The number of thiazole rings is 1. The zero-order valence-corrected chi connectivity index (χ0v) is 21.3. The zero-order valence-electron chi connectivity index (χ0n) is 20.5. The molecule has 1 amide bonds. The SMILES string of the molecule is CCCCOc1cccc(C(=O)N(CCCN2CCOCC2)c2nc3c(C)cc(C)cc3s2)c1. The number of fused-ring (bicyclic) bond motifs is 1. The van der Waals surface area contributed by atoms with E-state index in [2.05, 4.69) is 37.8 Å². The van der Waals surface area contributed by atoms with Crippen LogP contribution in [0.4, 0.5) is 5.13 Å². The molecule has 6 nitrogen and oxygen atoms in total. The number of aryl methyl sites for hydroxylation is 2. The Labute approximate surface area is 206 Å². The van der Waals surface area contributed by atoms with Crippen LogP contribution in [0, 0.1) is 13.8 Å². The van der Waals surface area contributed by atoms with Crippen LogP contribution in [-0.2, 0) is 4.74 Å². The van der Waals surface area contributed by atoms with Gasteiger partial charge in [-0.05, 0) is 62.1 Å². The van der Waals surface area contributed by atoms with Gasteiger partial charge in [0.05, 0.1) is 30.0 Å². The first-order chi connectivity index (χ1) is 16.5. The van der Waals surface area contributed by atoms with Crippen molar-refractivity contribution in [3.05, 3.63) is 53.1 Å². The average molecular weight is 482 g/mol. The molecule has 0 aliphatic carbocycles. The number of morpholine rings is 1. The minimum Gasteiger partial charge on any atom is -0.494 e. The zero-order chi connectivity index (χ0) is 23.9. The first-order valence-electron chi connectivity index (χ1n) is 12.3. The lowest BCUT2D eigenvalue weighted by molar-refractivity contribution is 0.0376. The quantitative estimate of drug-likeness (QED) is 0.360. The van der Waals surface area contributed by atoms with Gasteiger partial charge in [-0.2, -0.15) is 0 Å². The second kappa shape index (κ2) is 11.8. The third-order valence-electron chi connectivity index (χ3n) is 6.10. The number of amides is 1. The smallest absolute Gasteiger partial charge is 0.260 e. The van der Waals surface area contributed by atoms with Gasteiger partial charge in [0.25, 0.3) is 5.91 Å². The van der Waals surface area contributed by atoms with Crippen molar-refractivity contribution in [2.45, 2.75) is 40.0 Å². The largest absolute Gasteiger partial charge is 0.494 e. The predicted octanol–water partition coefficient (Wildman–Crippen LogP) is 5.46. The fourth-order valence-electron chi connectivity index (χ4n) is 4.24. The van der Waals surface area contributed by atoms with Crippen molar-refractivity contribution < 1.29 is 14.3 Å². The normalized spacial score (nSPS) is 14.4. The molecule has 182 valence electrons. The Kier molecular flexibility index (Phi) is 8.53. The number of hydrogen-bond acceptors (Lipinski definition) is 6. The van der Waals surface area contributed by atoms with Gasteiger partial charge < -0.3 is 9.47 Å². The topological polar surface area (TPSA) is 54.9 Å². The lowest BCUT2D eigenvalue weighted by Crippen LogP contribution is -2.39. The Bertz CT molecular complexity index is 1110. The highest BCUT2D eigenvalue weighted by atomic mass is 32.1. The van der Waals surface area contributed by atoms with Crippen LogP contribution in [0.3, 0.4) is 0 Å². The summed E-state index contributed by atoms with van der Waals surface area (Å²) in [6.45, 7) is 12.0. The summed E-state index contributed by atoms with van der Waals surface area (Å²) >= 11 is 1.59. The van der Waals surface area contributed by atoms with Crippen molar-refractivity contribution in [3.8, 4) is 5.75 Å². The fraction of sp³-hybridized carbons (Fsp3) is 0.481. The van der Waals surface area contributed by atoms with E-state index in [4.69, 9.17) is 14.5 Å². The molecule has 1 saturated heterocycles. The molecule has 1 aliphatic heterocycles. The number of unbranched alkanes of at least 4 members (excludes halogenated alkanes) is 1. The Morgan fingerprint density at radius 1 is 1.18 bits per heavy atom. The summed E-state index contributed by atoms with van der Waals surface area (Å²) in [5.41, 5.74) is 3.97. The van der Waals surface area contributed by atoms with E-state index in [0.717, 1.165) is 78.8 Å². The van der Waals surface area contributed by atoms with Crippen molar-refractivity contribution in [1.82, 2.24) is 9.88 Å². The van der Waals surface area contributed by atoms with Gasteiger partial charge in [-0.1, -0.05) is 36.8 Å². The van der Waals surface area contributed by atoms with Crippen molar-refractivity contribution in [3.63, 3.8) is 0 Å². The molecule has 1 fully saturated rings. The Balaban J connectivity index is 1.57. The second-order valence-electron chi connectivity index (χ2n) is 8.92. The molecule has 7 heteroatoms. The first kappa shape index (κ1) is 24.6. The maximum atomic E-state index is 13.7. The monoisotopic (exact) mass is 481 g/mol. The number of carbonyl (C=O) groups is 1. The van der Waals surface area contributed by atoms with Crippen LogP contribution >= 0.6 is 11.3 Å². The molecule has 0 unspecified atom stereocenters. The van der Waals surface area contributed by atoms with E-state index >= 15 is 0 Å². The molecule has 1 aliphatic rings. The highest BCUT2D eigenvalue weighted by Crippen LogP contribution is 2.33. The molecule has 0 saturated carbocycles. The summed E-state index contributed by atoms with van der Waals surface area (Å²) in [6.07, 6.45) is 2.95. The number of aromatic nitrogens is 1. The molecule has 0 radical (unpaired) electrons. The van der Waals surface area contributed by atoms with Gasteiger partial charge in [0, 0.05) is 31.7 Å². The van der Waals surface area contributed by atoms with Crippen LogP contribution in [-0.4, -0.2) is 61.8 Å². The Morgan fingerprint density at radius 3 is 2.79 bits per heavy atom. The summed E-state index contributed by atoms with van der Waals surface area (Å²) in [7, 11) is 0. The molecule has 0 spiro atoms. The highest BCUT2D eigenvalue weighted by molar-refractivity contribution is 7.22. The molecule has 2 aromatic carbocycles. The van der Waals surface area contributed by atoms with Gasteiger partial charge in [0.15, 0.2) is 5.13 Å². The molecular weight excluding hydrogens is 446 g/mol. The summed E-state index contributed by atoms with van der Waals surface area (Å²) in [6, 6.07) is 11.8. The van der Waals surface area contributed by atoms with E-state index in [9.17, 15) is 4.79 Å². The van der Waals surface area contributed by atoms with Crippen LogP contribution in [0.1, 0.15) is 47.7 Å². The number of hydrogen-bond donors (Lipinski definition) is 0. The van der Waals surface area contributed by atoms with E-state index in [1.165, 1.54) is 5.56 Å². The standard InChI is InChI=1S/C27H35N3O3S/c1-4-5-14-33-23-9-6-8-22(19-23)26(31)30(11-7-10-29-12-15-32-16-13-29)27-28-25-21(3)17-20(2)18-24(25)34-27/h6,8-9,17-19H,4-5,7,10-16H2,1-3H3. The van der Waals surface area contributed by atoms with Gasteiger partial charge in [0.1, 0.15) is 5.75 Å². The molecule has 0 atom stereocenters. The molecule has 0 N–H and O–H groups in total. The highest BCUT2D eigenvalue weighted by Gasteiger charge is 2.23. The van der Waals surface area contributed by atoms with Crippen molar-refractivity contribution >= 4 is 32.6 Å². The number of nitrogens with zero attached hydrogens (tertiary/aromatic N) is 3. The Morgan fingerprint density at radius 2 is 2.00 bits per heavy atom. The lowest BCUT2D eigenvalue weighted by Gasteiger charge is -2.27. The minimum atomic E-state index is -0.0312. The molecule has 3 aromatic rings. The van der Waals surface area contributed by atoms with Gasteiger partial charge in [0.2, 0.25) is 0 Å². The van der Waals surface area contributed by atoms with E-state index in [1.54, 1.807) is 11.3 Å². The van der Waals surface area contributed by atoms with Crippen LogP contribution in [0.15, 0.2) is 36.4 Å². The van der Waals surface area contributed by atoms with Crippen LogP contribution in [0.5, 0.6) is 5.75 Å². The molecule has 34 heavy (non-hydrogen) atoms. The minimum absolute atomic E-state index is 0.0312. The summed E-state index contributed by atoms with van der Waals surface area (Å²) < 4.78 is 12.4. The predicted molar refractivity (Wildman–Crippen MR) is 139 cm³/mol. The van der Waals surface area contributed by atoms with Crippen LogP contribution < -0.4 is 9.64 Å². The van der Waals surface area contributed by atoms with E-state index in [1.807, 2.05) is 29.2 Å². The van der Waals surface area contributed by atoms with Crippen molar-refractivity contribution in [2.75, 3.05) is 50.9 Å². The third-order valence-corrected chi connectivity index (χ3v) is 7.13. The summed E-state index contributed by atoms with van der Waals surface area (Å²) in [5.74, 6) is 0.708. The summed E-state index contributed by atoms with van der Waals surface area (Å²) in [4.78, 5) is 22.9. The average Bonchev–Trinajstić information content (AvgIpc) is 3.26. The lowest BCUT2D eigenvalue weighted by atomic mass is 10.1. The number of ether oxygens (including phenoxy) is 2. The van der Waals surface area contributed by atoms with Crippen molar-refractivity contribution in [2.24, 2.45) is 0 Å². The first-order valence-corrected chi connectivity index (χ1v) is 13.1. The number of benzene rings is 2. The number of rotatable bonds is 10. The molecular formula is C27H35N3O3S. The van der Waals surface area contributed by atoms with Gasteiger partial charge in [-0.25, -0.2) is 4.98 Å². The number of anilines is 1. The van der Waals surface area contributed by atoms with Crippen molar-refractivity contribution in [1.29, 1.82) is 0 Å². The van der Waals surface area contributed by atoms with E-state index < -0.39 is 0 Å². The number of carbonyl (C=O) groups excluding carboxylic acids is 1. The molecule has 4 rings (SSSR count). The van der Waals surface area contributed by atoms with Gasteiger partial charge in [-0.3, -0.25) is 14.6 Å². The fourth-order valence-corrected chi connectivity index (χ4v) is 5.41. The van der Waals surface area contributed by atoms with E-state index in [-0.39, 0.29) is 5.91 Å². The van der Waals surface area contributed by atoms with E-state index in [0.29, 0.717) is 18.7 Å². The third kappa shape index (κ3) is 6.14. The Hall–Kier alpha value is -2.48. The molecule has 1 aromatic heterocycles. The molecule has 0 bridgehead atoms. The maximum Gasteiger partial charge on any atom is 0.260 e. The second-order valence-corrected chi connectivity index (χ2v) is 9.93. The van der Waals surface area contributed by atoms with Gasteiger partial charge >= 0.3 is 0 Å².